The van der Waals surface area contributed by atoms with Crippen molar-refractivity contribution in [3.63, 3.8) is 0 Å². The third-order valence-corrected chi connectivity index (χ3v) is 4.50. The van der Waals surface area contributed by atoms with Crippen LogP contribution >= 0.6 is 0 Å². The Morgan fingerprint density at radius 2 is 2.15 bits per heavy atom. The summed E-state index contributed by atoms with van der Waals surface area (Å²) in [6.45, 7) is 4.50. The van der Waals surface area contributed by atoms with Gasteiger partial charge in [0.05, 0.1) is 35.6 Å². The Morgan fingerprint density at radius 1 is 1.30 bits per heavy atom. The Hall–Kier alpha value is -3.42. The molecular formula is C19H21N7O. The first-order chi connectivity index (χ1) is 13.1. The Morgan fingerprint density at radius 3 is 2.93 bits per heavy atom. The number of nitrogens with one attached hydrogen (secondary N) is 3. The lowest BCUT2D eigenvalue weighted by Gasteiger charge is -2.13. The summed E-state index contributed by atoms with van der Waals surface area (Å²) in [6.07, 6.45) is 4.28. The van der Waals surface area contributed by atoms with Crippen molar-refractivity contribution in [2.75, 3.05) is 0 Å². The molecule has 3 N–H and O–H groups in total. The van der Waals surface area contributed by atoms with Crippen LogP contribution in [0.4, 0.5) is 0 Å². The molecule has 1 amide bonds. The molecule has 138 valence electrons. The molecule has 3 aromatic heterocycles. The number of amides is 1. The predicted octanol–water partition coefficient (Wildman–Crippen LogP) is 2.72. The molecule has 1 unspecified atom stereocenters. The normalized spacial score (nSPS) is 12.4. The number of nitrogens with zero attached hydrogens (tertiary/aromatic N) is 4. The molecule has 27 heavy (non-hydrogen) atoms. The molecule has 1 atom stereocenters. The van der Waals surface area contributed by atoms with Crippen LogP contribution in [0.1, 0.15) is 47.1 Å². The van der Waals surface area contributed by atoms with Gasteiger partial charge < -0.3 is 14.9 Å². The van der Waals surface area contributed by atoms with E-state index in [1.807, 2.05) is 42.7 Å². The third kappa shape index (κ3) is 3.46. The third-order valence-electron chi connectivity index (χ3n) is 4.50. The molecular weight excluding hydrogens is 342 g/mol. The molecule has 0 saturated carbocycles. The molecule has 0 spiro atoms. The minimum absolute atomic E-state index is 0.177. The first kappa shape index (κ1) is 17.0. The van der Waals surface area contributed by atoms with Gasteiger partial charge in [0.15, 0.2) is 0 Å². The fourth-order valence-corrected chi connectivity index (χ4v) is 3.08. The van der Waals surface area contributed by atoms with E-state index < -0.39 is 0 Å². The van der Waals surface area contributed by atoms with Crippen molar-refractivity contribution in [3.05, 3.63) is 65.8 Å². The van der Waals surface area contributed by atoms with Gasteiger partial charge in [-0.25, -0.2) is 9.97 Å². The van der Waals surface area contributed by atoms with Gasteiger partial charge in [-0.15, -0.1) is 0 Å². The first-order valence-corrected chi connectivity index (χ1v) is 8.90. The number of fused-ring (bicyclic) bond motifs is 1. The van der Waals surface area contributed by atoms with Gasteiger partial charge in [-0.2, -0.15) is 5.10 Å². The number of imidazole rings is 2. The number of aryl methyl sites for hydroxylation is 1. The average molecular weight is 363 g/mol. The summed E-state index contributed by atoms with van der Waals surface area (Å²) in [6, 6.07) is 9.52. The summed E-state index contributed by atoms with van der Waals surface area (Å²) in [5, 5.41) is 10.1. The monoisotopic (exact) mass is 363 g/mol. The molecule has 1 aromatic carbocycles. The largest absolute Gasteiger partial charge is 0.344 e. The zero-order valence-corrected chi connectivity index (χ0v) is 15.2. The number of H-pyrrole nitrogens is 2. The molecule has 8 heteroatoms. The molecule has 0 aliphatic carbocycles. The van der Waals surface area contributed by atoms with Crippen LogP contribution in [0.15, 0.2) is 42.9 Å². The Labute approximate surface area is 156 Å². The Kier molecular flexibility index (Phi) is 4.45. The van der Waals surface area contributed by atoms with Crippen molar-refractivity contribution in [3.8, 4) is 0 Å². The summed E-state index contributed by atoms with van der Waals surface area (Å²) >= 11 is 0. The maximum atomic E-state index is 12.6. The van der Waals surface area contributed by atoms with Crippen molar-refractivity contribution in [1.82, 2.24) is 35.0 Å². The lowest BCUT2D eigenvalue weighted by atomic mass is 10.2. The summed E-state index contributed by atoms with van der Waals surface area (Å²) < 4.78 is 2.02. The topological polar surface area (TPSA) is 104 Å². The van der Waals surface area contributed by atoms with Crippen molar-refractivity contribution in [2.24, 2.45) is 0 Å². The number of carbonyl (C=O) groups excluding carboxylic acids is 1. The number of aromatic nitrogens is 6. The molecule has 0 aliphatic rings. The molecule has 0 bridgehead atoms. The van der Waals surface area contributed by atoms with Gasteiger partial charge >= 0.3 is 0 Å². The average Bonchev–Trinajstić information content (AvgIpc) is 3.41. The van der Waals surface area contributed by atoms with Crippen LogP contribution in [0.2, 0.25) is 0 Å². The summed E-state index contributed by atoms with van der Waals surface area (Å²) in [5.41, 5.74) is 4.14. The smallest absolute Gasteiger partial charge is 0.272 e. The maximum absolute atomic E-state index is 12.6. The van der Waals surface area contributed by atoms with Gasteiger partial charge in [0.2, 0.25) is 0 Å². The van der Waals surface area contributed by atoms with E-state index in [1.54, 1.807) is 18.6 Å². The van der Waals surface area contributed by atoms with E-state index >= 15 is 0 Å². The minimum atomic E-state index is -0.228. The molecule has 4 rings (SSSR count). The highest BCUT2D eigenvalue weighted by atomic mass is 16.2. The van der Waals surface area contributed by atoms with Gasteiger partial charge in [-0.3, -0.25) is 9.89 Å². The first-order valence-electron chi connectivity index (χ1n) is 8.90. The standard InChI is InChI=1S/C19H21N7O/c1-3-14(18-20-9-12(2)22-18)23-19(27)16-8-13(24-25-16)10-26-11-21-15-6-4-5-7-17(15)26/h4-9,11,14H,3,10H2,1-2H3,(H,20,22)(H,23,27)(H,24,25). The van der Waals surface area contributed by atoms with E-state index in [-0.39, 0.29) is 11.9 Å². The van der Waals surface area contributed by atoms with E-state index in [2.05, 4.69) is 30.5 Å². The van der Waals surface area contributed by atoms with Crippen LogP contribution in [0.5, 0.6) is 0 Å². The zero-order chi connectivity index (χ0) is 18.8. The van der Waals surface area contributed by atoms with Crippen LogP contribution in [-0.4, -0.2) is 35.6 Å². The second-order valence-electron chi connectivity index (χ2n) is 6.53. The molecule has 0 fully saturated rings. The summed E-state index contributed by atoms with van der Waals surface area (Å²) in [4.78, 5) is 24.4. The highest BCUT2D eigenvalue weighted by Gasteiger charge is 2.18. The van der Waals surface area contributed by atoms with E-state index in [4.69, 9.17) is 0 Å². The molecule has 0 aliphatic heterocycles. The zero-order valence-electron chi connectivity index (χ0n) is 15.2. The van der Waals surface area contributed by atoms with Crippen LogP contribution < -0.4 is 5.32 Å². The molecule has 4 aromatic rings. The van der Waals surface area contributed by atoms with Gasteiger partial charge in [0.1, 0.15) is 11.5 Å². The number of hydrogen-bond donors (Lipinski definition) is 3. The number of aromatic amines is 2. The number of benzene rings is 1. The van der Waals surface area contributed by atoms with Crippen LogP contribution in [0.3, 0.4) is 0 Å². The predicted molar refractivity (Wildman–Crippen MR) is 101 cm³/mol. The molecule has 3 heterocycles. The summed E-state index contributed by atoms with van der Waals surface area (Å²) in [5.74, 6) is 0.526. The molecule has 0 saturated heterocycles. The van der Waals surface area contributed by atoms with E-state index in [0.29, 0.717) is 12.2 Å². The lowest BCUT2D eigenvalue weighted by molar-refractivity contribution is 0.0928. The van der Waals surface area contributed by atoms with Crippen molar-refractivity contribution >= 4 is 16.9 Å². The van der Waals surface area contributed by atoms with Crippen LogP contribution in [0, 0.1) is 6.92 Å². The highest BCUT2D eigenvalue weighted by molar-refractivity contribution is 5.92. The number of rotatable bonds is 6. The number of hydrogen-bond acceptors (Lipinski definition) is 4. The van der Waals surface area contributed by atoms with E-state index in [9.17, 15) is 4.79 Å². The maximum Gasteiger partial charge on any atom is 0.272 e. The van der Waals surface area contributed by atoms with Gasteiger partial charge in [0, 0.05) is 11.9 Å². The Bertz CT molecular complexity index is 1070. The SMILES string of the molecule is CCC(NC(=O)c1cc(Cn2cnc3ccccc32)[nH]n1)c1ncc(C)[nH]1. The second kappa shape index (κ2) is 7.06. The van der Waals surface area contributed by atoms with Crippen LogP contribution in [-0.2, 0) is 6.54 Å². The minimum Gasteiger partial charge on any atom is -0.344 e. The lowest BCUT2D eigenvalue weighted by Crippen LogP contribution is -2.29. The van der Waals surface area contributed by atoms with Crippen molar-refractivity contribution < 1.29 is 4.79 Å². The van der Waals surface area contributed by atoms with Gasteiger partial charge in [-0.1, -0.05) is 19.1 Å². The van der Waals surface area contributed by atoms with Crippen molar-refractivity contribution in [2.45, 2.75) is 32.9 Å². The van der Waals surface area contributed by atoms with Crippen LogP contribution in [0.25, 0.3) is 11.0 Å². The Balaban J connectivity index is 1.47. The highest BCUT2D eigenvalue weighted by Crippen LogP contribution is 2.15. The number of carbonyl (C=O) groups is 1. The second-order valence-corrected chi connectivity index (χ2v) is 6.53. The van der Waals surface area contributed by atoms with Crippen molar-refractivity contribution in [1.29, 1.82) is 0 Å². The fraction of sp³-hybridized carbons (Fsp3) is 0.263. The van der Waals surface area contributed by atoms with Gasteiger partial charge in [0.25, 0.3) is 5.91 Å². The fourth-order valence-electron chi connectivity index (χ4n) is 3.08. The quantitative estimate of drug-likeness (QED) is 0.490. The molecule has 8 nitrogen and oxygen atoms in total. The summed E-state index contributed by atoms with van der Waals surface area (Å²) in [7, 11) is 0. The molecule has 0 radical (unpaired) electrons. The van der Waals surface area contributed by atoms with E-state index in [0.717, 1.165) is 34.7 Å². The number of para-hydroxylation sites is 2. The van der Waals surface area contributed by atoms with E-state index in [1.165, 1.54) is 0 Å². The van der Waals surface area contributed by atoms with Gasteiger partial charge in [-0.05, 0) is 31.5 Å².